The van der Waals surface area contributed by atoms with E-state index >= 15 is 0 Å². The summed E-state index contributed by atoms with van der Waals surface area (Å²) in [6.45, 7) is -0.317. The van der Waals surface area contributed by atoms with Crippen LogP contribution in [0.25, 0.3) is 0 Å². The van der Waals surface area contributed by atoms with Crippen LogP contribution in [0.3, 0.4) is 0 Å². The van der Waals surface area contributed by atoms with E-state index in [1.54, 1.807) is 13.2 Å². The normalized spacial score (nSPS) is 27.2. The van der Waals surface area contributed by atoms with Crippen LogP contribution < -0.4 is 4.74 Å². The molecular formula is C18H23F3O2. The predicted octanol–water partition coefficient (Wildman–Crippen LogP) is 4.69. The van der Waals surface area contributed by atoms with Gasteiger partial charge in [-0.15, -0.1) is 0 Å². The Hall–Kier alpha value is -1.23. The second-order valence-corrected chi connectivity index (χ2v) is 6.93. The van der Waals surface area contributed by atoms with E-state index in [2.05, 4.69) is 0 Å². The van der Waals surface area contributed by atoms with E-state index in [0.717, 1.165) is 38.5 Å². The third-order valence-corrected chi connectivity index (χ3v) is 5.29. The van der Waals surface area contributed by atoms with Gasteiger partial charge in [0, 0.05) is 7.11 Å². The van der Waals surface area contributed by atoms with Gasteiger partial charge in [-0.3, -0.25) is 0 Å². The van der Waals surface area contributed by atoms with E-state index in [4.69, 9.17) is 9.47 Å². The van der Waals surface area contributed by atoms with Crippen molar-refractivity contribution in [2.75, 3.05) is 13.7 Å². The van der Waals surface area contributed by atoms with Crippen molar-refractivity contribution in [3.05, 3.63) is 29.3 Å². The molecule has 1 fully saturated rings. The maximum Gasteiger partial charge on any atom is 0.392 e. The Balaban J connectivity index is 1.60. The molecule has 0 amide bonds. The Morgan fingerprint density at radius 3 is 2.48 bits per heavy atom. The van der Waals surface area contributed by atoms with E-state index < -0.39 is 12.6 Å². The van der Waals surface area contributed by atoms with Crippen molar-refractivity contribution in [3.8, 4) is 5.75 Å². The van der Waals surface area contributed by atoms with Gasteiger partial charge in [0.25, 0.3) is 0 Å². The Bertz CT molecular complexity index is 546. The van der Waals surface area contributed by atoms with E-state index in [9.17, 15) is 13.2 Å². The molecule has 2 aliphatic carbocycles. The highest BCUT2D eigenvalue weighted by Gasteiger charge is 2.40. The predicted molar refractivity (Wildman–Crippen MR) is 81.7 cm³/mol. The fraction of sp³-hybridized carbons (Fsp3) is 0.667. The highest BCUT2D eigenvalue weighted by atomic mass is 19.4. The molecule has 2 nitrogen and oxygen atoms in total. The number of hydrogen-bond acceptors (Lipinski definition) is 2. The molecule has 0 saturated heterocycles. The molecule has 0 atom stereocenters. The summed E-state index contributed by atoms with van der Waals surface area (Å²) in [5.41, 5.74) is 2.89. The molecule has 1 aromatic carbocycles. The molecule has 1 aromatic rings. The molecular weight excluding hydrogens is 305 g/mol. The van der Waals surface area contributed by atoms with Crippen LogP contribution in [0.2, 0.25) is 0 Å². The third-order valence-electron chi connectivity index (χ3n) is 5.29. The minimum atomic E-state index is -4.17. The largest absolute Gasteiger partial charge is 0.493 e. The summed E-state index contributed by atoms with van der Waals surface area (Å²) in [5, 5.41) is 0. The smallest absolute Gasteiger partial charge is 0.392 e. The van der Waals surface area contributed by atoms with Crippen LogP contribution in [-0.4, -0.2) is 26.0 Å². The highest BCUT2D eigenvalue weighted by Crippen LogP contribution is 2.48. The second-order valence-electron chi connectivity index (χ2n) is 6.93. The zero-order valence-corrected chi connectivity index (χ0v) is 13.4. The fourth-order valence-corrected chi connectivity index (χ4v) is 3.98. The zero-order valence-electron chi connectivity index (χ0n) is 13.4. The first-order valence-corrected chi connectivity index (χ1v) is 8.23. The van der Waals surface area contributed by atoms with Crippen molar-refractivity contribution >= 4 is 0 Å². The molecule has 0 heterocycles. The van der Waals surface area contributed by atoms with Gasteiger partial charge in [-0.05, 0) is 67.2 Å². The first-order chi connectivity index (χ1) is 10.9. The molecule has 0 aromatic heterocycles. The molecule has 5 heteroatoms. The molecule has 2 aliphatic rings. The Labute approximate surface area is 135 Å². The number of rotatable bonds is 4. The minimum Gasteiger partial charge on any atom is -0.493 e. The molecule has 1 saturated carbocycles. The first-order valence-electron chi connectivity index (χ1n) is 8.23. The van der Waals surface area contributed by atoms with E-state index in [1.165, 1.54) is 11.1 Å². The van der Waals surface area contributed by atoms with Crippen molar-refractivity contribution in [2.45, 2.75) is 57.2 Å². The number of alkyl halides is 3. The SMILES string of the molecule is COC1CCC2(CC1)Cc1ccc(OCCC(F)(F)F)cc1C2. The molecule has 3 rings (SSSR count). The zero-order chi connectivity index (χ0) is 16.5. The van der Waals surface area contributed by atoms with Gasteiger partial charge in [0.2, 0.25) is 0 Å². The molecule has 23 heavy (non-hydrogen) atoms. The van der Waals surface area contributed by atoms with Crippen LogP contribution in [0.1, 0.15) is 43.2 Å². The van der Waals surface area contributed by atoms with Crippen molar-refractivity contribution in [1.29, 1.82) is 0 Å². The molecule has 1 spiro atoms. The van der Waals surface area contributed by atoms with Crippen LogP contribution in [-0.2, 0) is 17.6 Å². The number of benzene rings is 1. The molecule has 0 radical (unpaired) electrons. The Morgan fingerprint density at radius 1 is 1.13 bits per heavy atom. The summed E-state index contributed by atoms with van der Waals surface area (Å²) in [5.74, 6) is 0.552. The summed E-state index contributed by atoms with van der Waals surface area (Å²) in [7, 11) is 1.77. The first kappa shape index (κ1) is 16.6. The van der Waals surface area contributed by atoms with E-state index in [0.29, 0.717) is 17.3 Å². The van der Waals surface area contributed by atoms with Crippen molar-refractivity contribution in [3.63, 3.8) is 0 Å². The Kier molecular flexibility index (Phi) is 4.59. The topological polar surface area (TPSA) is 18.5 Å². The van der Waals surface area contributed by atoms with Crippen molar-refractivity contribution in [2.24, 2.45) is 5.41 Å². The number of halogens is 3. The summed E-state index contributed by atoms with van der Waals surface area (Å²) in [6, 6.07) is 5.76. The number of fused-ring (bicyclic) bond motifs is 1. The summed E-state index contributed by atoms with van der Waals surface area (Å²) in [6.07, 6.45) is 1.89. The van der Waals surface area contributed by atoms with Crippen LogP contribution >= 0.6 is 0 Å². The fourth-order valence-electron chi connectivity index (χ4n) is 3.98. The van der Waals surface area contributed by atoms with Gasteiger partial charge in [0.15, 0.2) is 0 Å². The maximum atomic E-state index is 12.2. The van der Waals surface area contributed by atoms with E-state index in [1.807, 2.05) is 12.1 Å². The molecule has 0 aliphatic heterocycles. The van der Waals surface area contributed by atoms with Gasteiger partial charge in [-0.1, -0.05) is 6.07 Å². The number of ether oxygens (including phenoxy) is 2. The van der Waals surface area contributed by atoms with Gasteiger partial charge in [0.1, 0.15) is 5.75 Å². The molecule has 0 bridgehead atoms. The lowest BCUT2D eigenvalue weighted by Gasteiger charge is -2.36. The highest BCUT2D eigenvalue weighted by molar-refractivity contribution is 5.40. The van der Waals surface area contributed by atoms with Gasteiger partial charge in [0.05, 0.1) is 19.1 Å². The lowest BCUT2D eigenvalue weighted by Crippen LogP contribution is -2.31. The van der Waals surface area contributed by atoms with Gasteiger partial charge >= 0.3 is 6.18 Å². The molecule has 0 unspecified atom stereocenters. The molecule has 0 N–H and O–H groups in total. The lowest BCUT2D eigenvalue weighted by molar-refractivity contribution is -0.139. The lowest BCUT2D eigenvalue weighted by atomic mass is 9.71. The number of methoxy groups -OCH3 is 1. The van der Waals surface area contributed by atoms with Crippen molar-refractivity contribution < 1.29 is 22.6 Å². The van der Waals surface area contributed by atoms with Gasteiger partial charge in [-0.25, -0.2) is 0 Å². The van der Waals surface area contributed by atoms with Crippen LogP contribution in [0, 0.1) is 5.41 Å². The monoisotopic (exact) mass is 328 g/mol. The average Bonchev–Trinajstić information content (AvgIpc) is 2.84. The van der Waals surface area contributed by atoms with Gasteiger partial charge in [-0.2, -0.15) is 13.2 Å². The van der Waals surface area contributed by atoms with Crippen LogP contribution in [0.15, 0.2) is 18.2 Å². The third kappa shape index (κ3) is 4.00. The molecule has 128 valence electrons. The van der Waals surface area contributed by atoms with Crippen molar-refractivity contribution in [1.82, 2.24) is 0 Å². The quantitative estimate of drug-likeness (QED) is 0.798. The average molecular weight is 328 g/mol. The Morgan fingerprint density at radius 2 is 1.83 bits per heavy atom. The summed E-state index contributed by atoms with van der Waals surface area (Å²) >= 11 is 0. The van der Waals surface area contributed by atoms with Crippen LogP contribution in [0.4, 0.5) is 13.2 Å². The summed E-state index contributed by atoms with van der Waals surface area (Å²) in [4.78, 5) is 0. The second kappa shape index (κ2) is 6.34. The summed E-state index contributed by atoms with van der Waals surface area (Å²) < 4.78 is 47.3. The standard InChI is InChI=1S/C18H23F3O2/c1-22-15-4-6-17(7-5-15)11-13-2-3-16(10-14(13)12-17)23-9-8-18(19,20)21/h2-3,10,15H,4-9,11-12H2,1H3. The maximum absolute atomic E-state index is 12.2. The van der Waals surface area contributed by atoms with E-state index in [-0.39, 0.29) is 6.61 Å². The minimum absolute atomic E-state index is 0.317. The number of hydrogen-bond donors (Lipinski definition) is 0. The van der Waals surface area contributed by atoms with Crippen LogP contribution in [0.5, 0.6) is 5.75 Å². The van der Waals surface area contributed by atoms with Gasteiger partial charge < -0.3 is 9.47 Å².